The van der Waals surface area contributed by atoms with Crippen LogP contribution >= 0.6 is 0 Å². The Hall–Kier alpha value is -2.58. The van der Waals surface area contributed by atoms with Crippen molar-refractivity contribution in [3.63, 3.8) is 0 Å². The van der Waals surface area contributed by atoms with Crippen LogP contribution in [0.5, 0.6) is 11.5 Å². The second-order valence-electron chi connectivity index (χ2n) is 5.86. The van der Waals surface area contributed by atoms with E-state index >= 15 is 0 Å². The second-order valence-corrected chi connectivity index (χ2v) is 7.57. The number of fused-ring (bicyclic) bond motifs is 1. The molecule has 3 rings (SSSR count). The molecule has 2 aromatic rings. The monoisotopic (exact) mass is 377 g/mol. The predicted molar refractivity (Wildman–Crippen MR) is 93.9 cm³/mol. The van der Waals surface area contributed by atoms with Crippen molar-refractivity contribution in [2.75, 3.05) is 13.2 Å². The lowest BCUT2D eigenvalue weighted by Crippen LogP contribution is -2.42. The van der Waals surface area contributed by atoms with Crippen LogP contribution in [0.4, 0.5) is 0 Å². The van der Waals surface area contributed by atoms with E-state index in [0.29, 0.717) is 31.1 Å². The fraction of sp³-hybridized carbons (Fsp3) is 0.278. The Kier molecular flexibility index (Phi) is 5.43. The van der Waals surface area contributed by atoms with Crippen LogP contribution < -0.4 is 14.2 Å². The third-order valence-corrected chi connectivity index (χ3v) is 5.38. The molecular formula is C18H19NO6S. The van der Waals surface area contributed by atoms with Crippen molar-refractivity contribution in [2.24, 2.45) is 0 Å². The number of aliphatic carboxylic acids is 1. The van der Waals surface area contributed by atoms with E-state index in [1.165, 1.54) is 18.2 Å². The molecule has 0 unspecified atom stereocenters. The van der Waals surface area contributed by atoms with E-state index in [9.17, 15) is 18.3 Å². The van der Waals surface area contributed by atoms with Gasteiger partial charge in [-0.1, -0.05) is 30.3 Å². The average molecular weight is 377 g/mol. The van der Waals surface area contributed by atoms with Crippen LogP contribution in [0.25, 0.3) is 0 Å². The highest BCUT2D eigenvalue weighted by atomic mass is 32.2. The Morgan fingerprint density at radius 2 is 1.77 bits per heavy atom. The Labute approximate surface area is 151 Å². The molecule has 1 atom stereocenters. The van der Waals surface area contributed by atoms with Gasteiger partial charge in [-0.3, -0.25) is 4.79 Å². The molecule has 7 nitrogen and oxygen atoms in total. The number of carbonyl (C=O) groups is 1. The van der Waals surface area contributed by atoms with Crippen molar-refractivity contribution < 1.29 is 27.8 Å². The van der Waals surface area contributed by atoms with Gasteiger partial charge in [-0.25, -0.2) is 8.42 Å². The molecule has 0 saturated heterocycles. The van der Waals surface area contributed by atoms with Crippen molar-refractivity contribution in [1.29, 1.82) is 0 Å². The Morgan fingerprint density at radius 1 is 1.08 bits per heavy atom. The summed E-state index contributed by atoms with van der Waals surface area (Å²) >= 11 is 0. The first-order valence-corrected chi connectivity index (χ1v) is 9.63. The summed E-state index contributed by atoms with van der Waals surface area (Å²) in [6.07, 6.45) is 0.743. The van der Waals surface area contributed by atoms with Gasteiger partial charge >= 0.3 is 5.97 Å². The molecule has 0 saturated carbocycles. The van der Waals surface area contributed by atoms with Gasteiger partial charge < -0.3 is 14.6 Å². The maximum absolute atomic E-state index is 12.6. The Bertz CT molecular complexity index is 882. The van der Waals surface area contributed by atoms with Gasteiger partial charge in [0.25, 0.3) is 0 Å². The summed E-state index contributed by atoms with van der Waals surface area (Å²) in [5.41, 5.74) is 0.723. The fourth-order valence-corrected chi connectivity index (χ4v) is 3.80. The fourth-order valence-electron chi connectivity index (χ4n) is 2.60. The van der Waals surface area contributed by atoms with Gasteiger partial charge in [0.1, 0.15) is 6.04 Å². The second kappa shape index (κ2) is 7.76. The van der Waals surface area contributed by atoms with Crippen LogP contribution in [0.15, 0.2) is 53.4 Å². The third kappa shape index (κ3) is 4.33. The smallest absolute Gasteiger partial charge is 0.322 e. The zero-order valence-electron chi connectivity index (χ0n) is 13.9. The number of hydrogen-bond acceptors (Lipinski definition) is 5. The summed E-state index contributed by atoms with van der Waals surface area (Å²) in [5.74, 6) is -0.437. The lowest BCUT2D eigenvalue weighted by atomic mass is 10.1. The van der Waals surface area contributed by atoms with Crippen LogP contribution in [-0.4, -0.2) is 38.7 Å². The van der Waals surface area contributed by atoms with Gasteiger partial charge in [-0.2, -0.15) is 4.72 Å². The van der Waals surface area contributed by atoms with Gasteiger partial charge in [0, 0.05) is 12.5 Å². The lowest BCUT2D eigenvalue weighted by Gasteiger charge is -2.16. The Balaban J connectivity index is 1.82. The molecule has 0 fully saturated rings. The molecule has 0 amide bonds. The highest BCUT2D eigenvalue weighted by Crippen LogP contribution is 2.31. The number of nitrogens with one attached hydrogen (secondary N) is 1. The van der Waals surface area contributed by atoms with Crippen LogP contribution in [0.2, 0.25) is 0 Å². The van der Waals surface area contributed by atoms with E-state index < -0.39 is 22.0 Å². The van der Waals surface area contributed by atoms with E-state index in [1.54, 1.807) is 30.3 Å². The van der Waals surface area contributed by atoms with Gasteiger partial charge in [0.2, 0.25) is 10.0 Å². The van der Waals surface area contributed by atoms with Crippen molar-refractivity contribution in [1.82, 2.24) is 4.72 Å². The summed E-state index contributed by atoms with van der Waals surface area (Å²) in [7, 11) is -4.04. The van der Waals surface area contributed by atoms with E-state index in [-0.39, 0.29) is 11.3 Å². The molecule has 2 aromatic carbocycles. The summed E-state index contributed by atoms with van der Waals surface area (Å²) in [5, 5.41) is 9.40. The first-order valence-electron chi connectivity index (χ1n) is 8.14. The number of rotatable bonds is 6. The number of sulfonamides is 1. The number of benzene rings is 2. The van der Waals surface area contributed by atoms with Crippen LogP contribution in [0.3, 0.4) is 0 Å². The molecule has 0 spiro atoms. The molecule has 2 N–H and O–H groups in total. The van der Waals surface area contributed by atoms with E-state index in [1.807, 2.05) is 0 Å². The predicted octanol–water partition coefficient (Wildman–Crippen LogP) is 1.82. The molecular weight excluding hydrogens is 358 g/mol. The zero-order valence-corrected chi connectivity index (χ0v) is 14.7. The molecule has 1 aliphatic heterocycles. The van der Waals surface area contributed by atoms with E-state index in [4.69, 9.17) is 9.47 Å². The quantitative estimate of drug-likeness (QED) is 0.796. The minimum Gasteiger partial charge on any atom is -0.490 e. The SMILES string of the molecule is O=C(O)[C@@H](Cc1ccccc1)NS(=O)(=O)c1ccc2c(c1)OCCCO2. The maximum atomic E-state index is 12.6. The summed E-state index contributed by atoms with van der Waals surface area (Å²) < 4.78 is 38.5. The number of carboxylic acids is 1. The van der Waals surface area contributed by atoms with Crippen LogP contribution in [0.1, 0.15) is 12.0 Å². The molecule has 0 bridgehead atoms. The first kappa shape index (κ1) is 18.2. The average Bonchev–Trinajstić information content (AvgIpc) is 2.86. The minimum atomic E-state index is -4.04. The van der Waals surface area contributed by atoms with Gasteiger partial charge in [-0.05, 0) is 24.1 Å². The molecule has 1 heterocycles. The maximum Gasteiger partial charge on any atom is 0.322 e. The van der Waals surface area contributed by atoms with Gasteiger partial charge in [0.15, 0.2) is 11.5 Å². The minimum absolute atomic E-state index is 0.0416. The molecule has 0 radical (unpaired) electrons. The van der Waals surface area contributed by atoms with Gasteiger partial charge in [-0.15, -0.1) is 0 Å². The topological polar surface area (TPSA) is 102 Å². The standard InChI is InChI=1S/C18H19NO6S/c20-18(21)15(11-13-5-2-1-3-6-13)19-26(22,23)14-7-8-16-17(12-14)25-10-4-9-24-16/h1-3,5-8,12,15,19H,4,9-11H2,(H,20,21)/t15-/m1/s1. The summed E-state index contributed by atoms with van der Waals surface area (Å²) in [6, 6.07) is 11.8. The lowest BCUT2D eigenvalue weighted by molar-refractivity contribution is -0.138. The molecule has 138 valence electrons. The van der Waals surface area contributed by atoms with E-state index in [2.05, 4.69) is 4.72 Å². The number of carboxylic acid groups (broad SMARTS) is 1. The van der Waals surface area contributed by atoms with Crippen molar-refractivity contribution >= 4 is 16.0 Å². The highest BCUT2D eigenvalue weighted by molar-refractivity contribution is 7.89. The zero-order chi connectivity index (χ0) is 18.6. The first-order chi connectivity index (χ1) is 12.5. The molecule has 26 heavy (non-hydrogen) atoms. The van der Waals surface area contributed by atoms with Crippen molar-refractivity contribution in [3.05, 3.63) is 54.1 Å². The largest absolute Gasteiger partial charge is 0.490 e. The number of ether oxygens (including phenoxy) is 2. The molecule has 0 aliphatic carbocycles. The molecule has 0 aromatic heterocycles. The molecule has 8 heteroatoms. The van der Waals surface area contributed by atoms with Gasteiger partial charge in [0.05, 0.1) is 18.1 Å². The normalized spacial score (nSPS) is 15.1. The van der Waals surface area contributed by atoms with Crippen molar-refractivity contribution in [2.45, 2.75) is 23.8 Å². The Morgan fingerprint density at radius 3 is 2.46 bits per heavy atom. The summed E-state index contributed by atoms with van der Waals surface area (Å²) in [4.78, 5) is 11.5. The van der Waals surface area contributed by atoms with Crippen LogP contribution in [0, 0.1) is 0 Å². The summed E-state index contributed by atoms with van der Waals surface area (Å²) in [6.45, 7) is 0.922. The van der Waals surface area contributed by atoms with E-state index in [0.717, 1.165) is 5.56 Å². The molecule has 1 aliphatic rings. The highest BCUT2D eigenvalue weighted by Gasteiger charge is 2.27. The number of hydrogen-bond donors (Lipinski definition) is 2. The van der Waals surface area contributed by atoms with Crippen molar-refractivity contribution in [3.8, 4) is 11.5 Å². The third-order valence-electron chi connectivity index (χ3n) is 3.91. The van der Waals surface area contributed by atoms with Crippen LogP contribution in [-0.2, 0) is 21.2 Å².